The Labute approximate surface area is 129 Å². The number of nitrogens with zero attached hydrogens (tertiary/aromatic N) is 1. The molecule has 1 aromatic heterocycles. The van der Waals surface area contributed by atoms with E-state index in [1.54, 1.807) is 16.4 Å². The molecule has 2 aliphatic heterocycles. The van der Waals surface area contributed by atoms with Gasteiger partial charge in [-0.05, 0) is 50.3 Å². The number of halogens is 1. The van der Waals surface area contributed by atoms with Crippen molar-refractivity contribution in [1.29, 1.82) is 0 Å². The van der Waals surface area contributed by atoms with Crippen molar-refractivity contribution in [3.63, 3.8) is 0 Å². The molecule has 0 aromatic carbocycles. The lowest BCUT2D eigenvalue weighted by Gasteiger charge is -2.33. The van der Waals surface area contributed by atoms with Crippen LogP contribution in [0.2, 0.25) is 4.34 Å². The fourth-order valence-corrected chi connectivity index (χ4v) is 6.30. The molecule has 112 valence electrons. The number of piperidine rings is 1. The highest BCUT2D eigenvalue weighted by Crippen LogP contribution is 2.32. The number of thiophene rings is 1. The summed E-state index contributed by atoms with van der Waals surface area (Å²) in [5.74, 6) is 0.621. The second-order valence-corrected chi connectivity index (χ2v) is 9.38. The molecule has 1 unspecified atom stereocenters. The third-order valence-corrected chi connectivity index (χ3v) is 7.91. The van der Waals surface area contributed by atoms with Crippen molar-refractivity contribution in [2.45, 2.75) is 35.9 Å². The van der Waals surface area contributed by atoms with E-state index >= 15 is 0 Å². The summed E-state index contributed by atoms with van der Waals surface area (Å²) in [6, 6.07) is 3.84. The van der Waals surface area contributed by atoms with Crippen LogP contribution in [0.1, 0.15) is 25.7 Å². The Balaban J connectivity index is 1.65. The summed E-state index contributed by atoms with van der Waals surface area (Å²) in [5, 5.41) is 3.53. The topological polar surface area (TPSA) is 49.4 Å². The lowest BCUT2D eigenvalue weighted by molar-refractivity contribution is 0.234. The van der Waals surface area contributed by atoms with E-state index in [-0.39, 0.29) is 0 Å². The first-order valence-corrected chi connectivity index (χ1v) is 9.70. The van der Waals surface area contributed by atoms with Crippen molar-refractivity contribution in [2.24, 2.45) is 5.92 Å². The first kappa shape index (κ1) is 14.8. The monoisotopic (exact) mass is 334 g/mol. The summed E-state index contributed by atoms with van der Waals surface area (Å²) in [6.07, 6.45) is 4.39. The standard InChI is InChI=1S/C13H19ClN2O2S2/c14-12-3-4-13(19-12)20(17,18)16-8-5-10(6-9-16)11-2-1-7-15-11/h3-4,10-11,15H,1-2,5-9H2. The molecule has 2 saturated heterocycles. The Morgan fingerprint density at radius 3 is 2.55 bits per heavy atom. The molecule has 3 rings (SSSR count). The predicted molar refractivity (Wildman–Crippen MR) is 81.8 cm³/mol. The van der Waals surface area contributed by atoms with E-state index < -0.39 is 10.0 Å². The highest BCUT2D eigenvalue weighted by molar-refractivity contribution is 7.91. The molecule has 20 heavy (non-hydrogen) atoms. The van der Waals surface area contributed by atoms with E-state index in [2.05, 4.69) is 5.32 Å². The fraction of sp³-hybridized carbons (Fsp3) is 0.692. The Hall–Kier alpha value is -0.140. The number of rotatable bonds is 3. The Morgan fingerprint density at radius 2 is 2.00 bits per heavy atom. The largest absolute Gasteiger partial charge is 0.314 e. The maximum absolute atomic E-state index is 12.5. The van der Waals surface area contributed by atoms with Gasteiger partial charge in [-0.25, -0.2) is 8.42 Å². The van der Waals surface area contributed by atoms with E-state index in [1.807, 2.05) is 0 Å². The maximum atomic E-state index is 12.5. The fourth-order valence-electron chi connectivity index (χ4n) is 3.20. The van der Waals surface area contributed by atoms with Gasteiger partial charge in [0.2, 0.25) is 0 Å². The number of nitrogens with one attached hydrogen (secondary N) is 1. The van der Waals surface area contributed by atoms with Crippen molar-refractivity contribution >= 4 is 33.0 Å². The summed E-state index contributed by atoms with van der Waals surface area (Å²) in [7, 11) is -3.34. The minimum absolute atomic E-state index is 0.361. The molecule has 0 bridgehead atoms. The van der Waals surface area contributed by atoms with E-state index in [0.29, 0.717) is 33.6 Å². The highest BCUT2D eigenvalue weighted by Gasteiger charge is 2.33. The molecule has 0 spiro atoms. The number of hydrogen-bond donors (Lipinski definition) is 1. The van der Waals surface area contributed by atoms with Crippen LogP contribution in [0, 0.1) is 5.92 Å². The van der Waals surface area contributed by atoms with Crippen molar-refractivity contribution in [3.8, 4) is 0 Å². The van der Waals surface area contributed by atoms with Gasteiger partial charge in [0.05, 0.1) is 4.34 Å². The van der Waals surface area contributed by atoms with E-state index in [9.17, 15) is 8.42 Å². The van der Waals surface area contributed by atoms with Gasteiger partial charge in [-0.2, -0.15) is 4.31 Å². The molecule has 1 atom stereocenters. The van der Waals surface area contributed by atoms with Gasteiger partial charge in [-0.15, -0.1) is 11.3 Å². The molecular formula is C13H19ClN2O2S2. The van der Waals surface area contributed by atoms with Gasteiger partial charge >= 0.3 is 0 Å². The van der Waals surface area contributed by atoms with Crippen LogP contribution in [0.15, 0.2) is 16.3 Å². The van der Waals surface area contributed by atoms with Gasteiger partial charge in [0, 0.05) is 19.1 Å². The van der Waals surface area contributed by atoms with Crippen LogP contribution in [-0.2, 0) is 10.0 Å². The van der Waals surface area contributed by atoms with Crippen LogP contribution in [0.5, 0.6) is 0 Å². The van der Waals surface area contributed by atoms with Crippen LogP contribution in [0.4, 0.5) is 0 Å². The number of sulfonamides is 1. The van der Waals surface area contributed by atoms with Gasteiger partial charge in [-0.1, -0.05) is 11.6 Å². The molecule has 7 heteroatoms. The first-order valence-electron chi connectivity index (χ1n) is 7.06. The van der Waals surface area contributed by atoms with Crippen LogP contribution in [0.25, 0.3) is 0 Å². The van der Waals surface area contributed by atoms with E-state index in [1.165, 1.54) is 12.8 Å². The Bertz CT molecular complexity index is 559. The molecule has 4 nitrogen and oxygen atoms in total. The molecule has 2 fully saturated rings. The Kier molecular flexibility index (Phi) is 4.38. The summed E-state index contributed by atoms with van der Waals surface area (Å²) >= 11 is 6.98. The average Bonchev–Trinajstić information content (AvgIpc) is 3.10. The zero-order chi connectivity index (χ0) is 14.2. The maximum Gasteiger partial charge on any atom is 0.252 e. The second-order valence-electron chi connectivity index (χ2n) is 5.50. The van der Waals surface area contributed by atoms with Crippen LogP contribution >= 0.6 is 22.9 Å². The summed E-state index contributed by atoms with van der Waals surface area (Å²) < 4.78 is 27.5. The van der Waals surface area contributed by atoms with Gasteiger partial charge in [-0.3, -0.25) is 0 Å². The minimum Gasteiger partial charge on any atom is -0.314 e. The molecule has 0 aliphatic carbocycles. The van der Waals surface area contributed by atoms with E-state index in [0.717, 1.165) is 30.7 Å². The third kappa shape index (κ3) is 2.90. The zero-order valence-corrected chi connectivity index (χ0v) is 13.6. The van der Waals surface area contributed by atoms with Crippen LogP contribution in [-0.4, -0.2) is 38.4 Å². The molecule has 2 aliphatic rings. The second kappa shape index (κ2) is 5.93. The number of hydrogen-bond acceptors (Lipinski definition) is 4. The third-order valence-electron chi connectivity index (χ3n) is 4.31. The molecule has 0 amide bonds. The minimum atomic E-state index is -3.34. The highest BCUT2D eigenvalue weighted by atomic mass is 35.5. The van der Waals surface area contributed by atoms with Crippen molar-refractivity contribution in [1.82, 2.24) is 9.62 Å². The average molecular weight is 335 g/mol. The molecule has 1 aromatic rings. The van der Waals surface area contributed by atoms with Gasteiger partial charge < -0.3 is 5.32 Å². The summed E-state index contributed by atoms with van der Waals surface area (Å²) in [5.41, 5.74) is 0. The summed E-state index contributed by atoms with van der Waals surface area (Å²) in [6.45, 7) is 2.36. The normalized spacial score (nSPS) is 26.1. The molecule has 0 saturated carbocycles. The van der Waals surface area contributed by atoms with Crippen molar-refractivity contribution in [2.75, 3.05) is 19.6 Å². The lowest BCUT2D eigenvalue weighted by atomic mass is 9.89. The zero-order valence-electron chi connectivity index (χ0n) is 11.2. The van der Waals surface area contributed by atoms with Crippen LogP contribution in [0.3, 0.4) is 0 Å². The molecule has 3 heterocycles. The molecular weight excluding hydrogens is 316 g/mol. The van der Waals surface area contributed by atoms with Crippen LogP contribution < -0.4 is 5.32 Å². The predicted octanol–water partition coefficient (Wildman–Crippen LogP) is 2.55. The Morgan fingerprint density at radius 1 is 1.25 bits per heavy atom. The quantitative estimate of drug-likeness (QED) is 0.924. The van der Waals surface area contributed by atoms with Crippen molar-refractivity contribution in [3.05, 3.63) is 16.5 Å². The smallest absolute Gasteiger partial charge is 0.252 e. The lowest BCUT2D eigenvalue weighted by Crippen LogP contribution is -2.43. The van der Waals surface area contributed by atoms with Gasteiger partial charge in [0.15, 0.2) is 0 Å². The summed E-state index contributed by atoms with van der Waals surface area (Å²) in [4.78, 5) is 0. The first-order chi connectivity index (χ1) is 9.57. The van der Waals surface area contributed by atoms with E-state index in [4.69, 9.17) is 11.6 Å². The van der Waals surface area contributed by atoms with Crippen molar-refractivity contribution < 1.29 is 8.42 Å². The molecule has 0 radical (unpaired) electrons. The molecule has 1 N–H and O–H groups in total. The SMILES string of the molecule is O=S(=O)(c1ccc(Cl)s1)N1CCC(C2CCCN2)CC1. The van der Waals surface area contributed by atoms with Gasteiger partial charge in [0.1, 0.15) is 4.21 Å². The van der Waals surface area contributed by atoms with Gasteiger partial charge in [0.25, 0.3) is 10.0 Å².